The molecule has 0 aliphatic carbocycles. The van der Waals surface area contributed by atoms with Gasteiger partial charge in [-0.2, -0.15) is 0 Å². The number of carbonyl (C=O) groups is 5. The van der Waals surface area contributed by atoms with Gasteiger partial charge in [-0.3, -0.25) is 24.1 Å². The molecule has 3 atom stereocenters. The van der Waals surface area contributed by atoms with Gasteiger partial charge in [-0.15, -0.1) is 0 Å². The number of hydrogen-bond donors (Lipinski definition) is 3. The van der Waals surface area contributed by atoms with E-state index >= 15 is 0 Å². The van der Waals surface area contributed by atoms with E-state index in [9.17, 15) is 24.0 Å². The molecular weight excluding hydrogens is 622 g/mol. The molecular formula is C38H51N5O6. The Hall–Kier alpha value is -4.93. The van der Waals surface area contributed by atoms with Crippen molar-refractivity contribution in [1.29, 1.82) is 0 Å². The lowest BCUT2D eigenvalue weighted by Gasteiger charge is -2.35. The Kier molecular flexibility index (Phi) is 14.2. The molecule has 0 aromatic heterocycles. The second kappa shape index (κ2) is 18.0. The minimum Gasteiger partial charge on any atom is -0.444 e. The minimum atomic E-state index is -1.01. The Morgan fingerprint density at radius 3 is 2.02 bits per heavy atom. The highest BCUT2D eigenvalue weighted by Crippen LogP contribution is 2.21. The van der Waals surface area contributed by atoms with Crippen LogP contribution in [0, 0.1) is 0 Å². The molecule has 0 aliphatic rings. The predicted octanol–water partition coefficient (Wildman–Crippen LogP) is 4.22. The van der Waals surface area contributed by atoms with Crippen molar-refractivity contribution in [1.82, 2.24) is 25.8 Å². The van der Waals surface area contributed by atoms with Gasteiger partial charge in [-0.1, -0.05) is 72.8 Å². The number of nitrogens with zero attached hydrogens (tertiary/aromatic N) is 2. The van der Waals surface area contributed by atoms with Crippen molar-refractivity contribution in [2.24, 2.45) is 0 Å². The summed E-state index contributed by atoms with van der Waals surface area (Å²) in [5.41, 5.74) is 0.866. The molecule has 0 bridgehead atoms. The number of rotatable bonds is 15. The Bertz CT molecular complexity index is 1590. The van der Waals surface area contributed by atoms with Crippen molar-refractivity contribution in [3.63, 3.8) is 0 Å². The van der Waals surface area contributed by atoms with Crippen LogP contribution < -0.4 is 16.0 Å². The van der Waals surface area contributed by atoms with Crippen LogP contribution in [0.2, 0.25) is 0 Å². The van der Waals surface area contributed by atoms with Crippen LogP contribution in [0.5, 0.6) is 0 Å². The molecule has 49 heavy (non-hydrogen) atoms. The van der Waals surface area contributed by atoms with Gasteiger partial charge in [0, 0.05) is 47.5 Å². The van der Waals surface area contributed by atoms with E-state index in [1.54, 1.807) is 27.8 Å². The van der Waals surface area contributed by atoms with E-state index in [0.29, 0.717) is 25.8 Å². The topological polar surface area (TPSA) is 137 Å². The average molecular weight is 674 g/mol. The molecule has 0 heterocycles. The first kappa shape index (κ1) is 38.5. The fraction of sp³-hybridized carbons (Fsp3) is 0.447. The summed E-state index contributed by atoms with van der Waals surface area (Å²) in [7, 11) is 4.58. The van der Waals surface area contributed by atoms with E-state index in [1.807, 2.05) is 72.8 Å². The smallest absolute Gasteiger partial charge is 0.410 e. The first-order chi connectivity index (χ1) is 23.2. The SMILES string of the molecule is CNC(=O)[C@H](CCCCNC(C)=O)NC(=O)[C@@H](Cc1ccccc1)N(C)C(=O)[C@@H](Cc1ccc2ccccc2c1)N(C)C(=O)OC(C)(C)C. The van der Waals surface area contributed by atoms with Crippen LogP contribution in [0.1, 0.15) is 58.1 Å². The number of carbonyl (C=O) groups excluding carboxylic acids is 5. The first-order valence-corrected chi connectivity index (χ1v) is 16.7. The Morgan fingerprint density at radius 2 is 1.39 bits per heavy atom. The fourth-order valence-corrected chi connectivity index (χ4v) is 5.52. The summed E-state index contributed by atoms with van der Waals surface area (Å²) in [6, 6.07) is 20.2. The highest BCUT2D eigenvalue weighted by atomic mass is 16.6. The molecule has 0 saturated carbocycles. The lowest BCUT2D eigenvalue weighted by atomic mass is 9.98. The van der Waals surface area contributed by atoms with Gasteiger partial charge in [-0.05, 0) is 61.9 Å². The van der Waals surface area contributed by atoms with Crippen molar-refractivity contribution in [3.05, 3.63) is 83.9 Å². The number of amides is 5. The zero-order chi connectivity index (χ0) is 36.1. The zero-order valence-corrected chi connectivity index (χ0v) is 29.7. The second-order valence-electron chi connectivity index (χ2n) is 13.3. The lowest BCUT2D eigenvalue weighted by Crippen LogP contribution is -2.58. The number of unbranched alkanes of at least 4 members (excludes halogenated alkanes) is 1. The van der Waals surface area contributed by atoms with Crippen molar-refractivity contribution >= 4 is 40.5 Å². The van der Waals surface area contributed by atoms with E-state index in [0.717, 1.165) is 21.9 Å². The molecule has 3 rings (SSSR count). The monoisotopic (exact) mass is 673 g/mol. The first-order valence-electron chi connectivity index (χ1n) is 16.7. The molecule has 0 spiro atoms. The van der Waals surface area contributed by atoms with Gasteiger partial charge in [-0.25, -0.2) is 4.79 Å². The number of fused-ring (bicyclic) bond motifs is 1. The van der Waals surface area contributed by atoms with E-state index in [4.69, 9.17) is 4.74 Å². The molecule has 11 heteroatoms. The fourth-order valence-electron chi connectivity index (χ4n) is 5.52. The molecule has 11 nitrogen and oxygen atoms in total. The van der Waals surface area contributed by atoms with Gasteiger partial charge in [0.25, 0.3) is 0 Å². The highest BCUT2D eigenvalue weighted by Gasteiger charge is 2.37. The largest absolute Gasteiger partial charge is 0.444 e. The predicted molar refractivity (Wildman–Crippen MR) is 191 cm³/mol. The van der Waals surface area contributed by atoms with Gasteiger partial charge in [0.15, 0.2) is 0 Å². The van der Waals surface area contributed by atoms with Crippen LogP contribution in [0.4, 0.5) is 4.79 Å². The molecule has 5 amide bonds. The average Bonchev–Trinajstić information content (AvgIpc) is 3.07. The third-order valence-electron chi connectivity index (χ3n) is 8.24. The van der Waals surface area contributed by atoms with Crippen LogP contribution >= 0.6 is 0 Å². The quantitative estimate of drug-likeness (QED) is 0.207. The molecule has 0 unspecified atom stereocenters. The number of likely N-dealkylation sites (N-methyl/N-ethyl adjacent to an activating group) is 3. The van der Waals surface area contributed by atoms with Crippen LogP contribution in [0.15, 0.2) is 72.8 Å². The molecule has 3 aromatic carbocycles. The highest BCUT2D eigenvalue weighted by molar-refractivity contribution is 5.94. The van der Waals surface area contributed by atoms with Gasteiger partial charge in [0.05, 0.1) is 0 Å². The molecule has 264 valence electrons. The van der Waals surface area contributed by atoms with Crippen LogP contribution in [0.3, 0.4) is 0 Å². The van der Waals surface area contributed by atoms with E-state index in [1.165, 1.54) is 30.8 Å². The summed E-state index contributed by atoms with van der Waals surface area (Å²) in [6.07, 6.45) is 1.23. The normalized spacial score (nSPS) is 13.0. The molecule has 0 saturated heterocycles. The molecule has 0 fully saturated rings. The van der Waals surface area contributed by atoms with Crippen LogP contribution in [-0.2, 0) is 36.8 Å². The lowest BCUT2D eigenvalue weighted by molar-refractivity contribution is -0.143. The van der Waals surface area contributed by atoms with E-state index in [-0.39, 0.29) is 24.7 Å². The molecule has 0 aliphatic heterocycles. The maximum atomic E-state index is 14.5. The van der Waals surface area contributed by atoms with Crippen LogP contribution in [-0.4, -0.2) is 90.9 Å². The van der Waals surface area contributed by atoms with E-state index < -0.39 is 41.6 Å². The molecule has 3 N–H and O–H groups in total. The van der Waals surface area contributed by atoms with Gasteiger partial charge in [0.1, 0.15) is 23.7 Å². The summed E-state index contributed by atoms with van der Waals surface area (Å²) in [5.74, 6) is -1.45. The van der Waals surface area contributed by atoms with Crippen LogP contribution in [0.25, 0.3) is 10.8 Å². The van der Waals surface area contributed by atoms with E-state index in [2.05, 4.69) is 16.0 Å². The summed E-state index contributed by atoms with van der Waals surface area (Å²) in [4.78, 5) is 68.7. The number of nitrogens with one attached hydrogen (secondary N) is 3. The van der Waals surface area contributed by atoms with Crippen molar-refractivity contribution < 1.29 is 28.7 Å². The van der Waals surface area contributed by atoms with Crippen molar-refractivity contribution in [2.45, 2.75) is 83.5 Å². The second-order valence-corrected chi connectivity index (χ2v) is 13.3. The summed E-state index contributed by atoms with van der Waals surface area (Å²) in [5, 5.41) is 10.3. The molecule has 0 radical (unpaired) electrons. The summed E-state index contributed by atoms with van der Waals surface area (Å²) in [6.45, 7) is 7.17. The third kappa shape index (κ3) is 11.9. The Morgan fingerprint density at radius 1 is 0.755 bits per heavy atom. The van der Waals surface area contributed by atoms with Gasteiger partial charge in [0.2, 0.25) is 23.6 Å². The maximum Gasteiger partial charge on any atom is 0.410 e. The number of benzene rings is 3. The Labute approximate surface area is 289 Å². The third-order valence-corrected chi connectivity index (χ3v) is 8.24. The maximum absolute atomic E-state index is 14.5. The Balaban J connectivity index is 1.94. The molecule has 3 aromatic rings. The minimum absolute atomic E-state index is 0.135. The number of ether oxygens (including phenoxy) is 1. The summed E-state index contributed by atoms with van der Waals surface area (Å²) >= 11 is 0. The van der Waals surface area contributed by atoms with Gasteiger partial charge >= 0.3 is 6.09 Å². The summed E-state index contributed by atoms with van der Waals surface area (Å²) < 4.78 is 5.65. The van der Waals surface area contributed by atoms with Gasteiger partial charge < -0.3 is 25.6 Å². The van der Waals surface area contributed by atoms with Crippen molar-refractivity contribution in [3.8, 4) is 0 Å². The number of hydrogen-bond acceptors (Lipinski definition) is 6. The zero-order valence-electron chi connectivity index (χ0n) is 29.7. The standard InChI is InChI=1S/C38H51N5O6/c1-26(44)40-22-14-13-19-31(34(45)39-5)41-35(46)32(24-27-15-9-8-10-16-27)42(6)36(47)33(43(7)37(48)49-38(2,3)4)25-28-20-21-29-17-11-12-18-30(29)23-28/h8-12,15-18,20-21,23,31-33H,13-14,19,22,24-25H2,1-7H3,(H,39,45)(H,40,44)(H,41,46)/t31-,32+,33+/m0/s1. The van der Waals surface area contributed by atoms with Crippen molar-refractivity contribution in [2.75, 3.05) is 27.7 Å².